The van der Waals surface area contributed by atoms with E-state index in [0.717, 1.165) is 13.0 Å². The maximum atomic E-state index is 10.9. The highest BCUT2D eigenvalue weighted by Crippen LogP contribution is 1.90. The Kier molecular flexibility index (Phi) is 5.84. The molecule has 0 aliphatic rings. The highest BCUT2D eigenvalue weighted by Gasteiger charge is 2.04. The van der Waals surface area contributed by atoms with Gasteiger partial charge in [0, 0.05) is 6.54 Å². The van der Waals surface area contributed by atoms with Gasteiger partial charge in [0.25, 0.3) is 0 Å². The van der Waals surface area contributed by atoms with Crippen molar-refractivity contribution in [3.8, 4) is 0 Å². The molecule has 0 aromatic carbocycles. The normalized spacial score (nSPS) is 12.6. The minimum absolute atomic E-state index is 0.0545. The first-order chi connectivity index (χ1) is 5.18. The van der Waals surface area contributed by atoms with E-state index in [9.17, 15) is 4.79 Å². The molecule has 1 atom stereocenters. The lowest BCUT2D eigenvalue weighted by molar-refractivity contribution is -0.121. The Labute approximate surface area is 68.3 Å². The van der Waals surface area contributed by atoms with Gasteiger partial charge in [-0.15, -0.1) is 0 Å². The second-order valence-corrected chi connectivity index (χ2v) is 2.79. The lowest BCUT2D eigenvalue weighted by atomic mass is 10.2. The molecule has 11 heavy (non-hydrogen) atoms. The van der Waals surface area contributed by atoms with E-state index in [4.69, 9.17) is 5.73 Å². The summed E-state index contributed by atoms with van der Waals surface area (Å²) < 4.78 is 0. The molecule has 0 aliphatic heterocycles. The van der Waals surface area contributed by atoms with E-state index < -0.39 is 0 Å². The smallest absolute Gasteiger partial charge is 0.236 e. The summed E-state index contributed by atoms with van der Waals surface area (Å²) in [7, 11) is 0. The molecule has 0 rings (SSSR count). The molecule has 0 saturated carbocycles. The Morgan fingerprint density at radius 1 is 1.55 bits per heavy atom. The molecule has 3 nitrogen and oxygen atoms in total. The van der Waals surface area contributed by atoms with E-state index in [1.54, 1.807) is 6.92 Å². The van der Waals surface area contributed by atoms with Crippen LogP contribution in [0.5, 0.6) is 0 Å². The Hall–Kier alpha value is -0.570. The van der Waals surface area contributed by atoms with E-state index in [0.29, 0.717) is 0 Å². The predicted molar refractivity (Wildman–Crippen MR) is 46.2 cm³/mol. The van der Waals surface area contributed by atoms with Crippen molar-refractivity contribution >= 4 is 5.91 Å². The van der Waals surface area contributed by atoms with Crippen molar-refractivity contribution in [3.63, 3.8) is 0 Å². The Bertz CT molecular complexity index is 113. The molecule has 3 heteroatoms. The first-order valence-corrected chi connectivity index (χ1v) is 4.21. The minimum Gasteiger partial charge on any atom is -0.355 e. The average molecular weight is 158 g/mol. The fourth-order valence-electron chi connectivity index (χ4n) is 0.748. The summed E-state index contributed by atoms with van der Waals surface area (Å²) in [6.45, 7) is 4.58. The summed E-state index contributed by atoms with van der Waals surface area (Å²) in [5.74, 6) is -0.0545. The van der Waals surface area contributed by atoms with Gasteiger partial charge in [0.05, 0.1) is 6.04 Å². The molecule has 0 aliphatic carbocycles. The number of nitrogens with two attached hydrogens (primary N) is 1. The molecular formula is C8H18N2O. The number of hydrogen-bond acceptors (Lipinski definition) is 2. The molecule has 0 aromatic rings. The van der Waals surface area contributed by atoms with Gasteiger partial charge in [-0.3, -0.25) is 4.79 Å². The molecule has 0 saturated heterocycles. The van der Waals surface area contributed by atoms with Gasteiger partial charge in [0.15, 0.2) is 0 Å². The van der Waals surface area contributed by atoms with Crippen molar-refractivity contribution in [3.05, 3.63) is 0 Å². The molecule has 66 valence electrons. The number of carbonyl (C=O) groups is 1. The number of hydrogen-bond donors (Lipinski definition) is 2. The van der Waals surface area contributed by atoms with Crippen LogP contribution in [0.25, 0.3) is 0 Å². The van der Waals surface area contributed by atoms with Crippen LogP contribution in [0.2, 0.25) is 0 Å². The summed E-state index contributed by atoms with van der Waals surface area (Å²) >= 11 is 0. The van der Waals surface area contributed by atoms with Gasteiger partial charge < -0.3 is 11.1 Å². The third kappa shape index (κ3) is 5.85. The van der Waals surface area contributed by atoms with Crippen molar-refractivity contribution in [2.24, 2.45) is 5.73 Å². The molecular weight excluding hydrogens is 140 g/mol. The van der Waals surface area contributed by atoms with E-state index in [2.05, 4.69) is 12.2 Å². The zero-order valence-corrected chi connectivity index (χ0v) is 7.39. The van der Waals surface area contributed by atoms with Gasteiger partial charge in [0.2, 0.25) is 5.91 Å². The van der Waals surface area contributed by atoms with Crippen LogP contribution in [0.4, 0.5) is 0 Å². The second kappa shape index (κ2) is 6.16. The minimum atomic E-state index is -0.378. The van der Waals surface area contributed by atoms with Gasteiger partial charge in [-0.2, -0.15) is 0 Å². The number of rotatable bonds is 5. The molecule has 0 aromatic heterocycles. The topological polar surface area (TPSA) is 55.1 Å². The van der Waals surface area contributed by atoms with Gasteiger partial charge >= 0.3 is 0 Å². The van der Waals surface area contributed by atoms with Crippen molar-refractivity contribution in [1.29, 1.82) is 0 Å². The van der Waals surface area contributed by atoms with Gasteiger partial charge in [0.1, 0.15) is 0 Å². The monoisotopic (exact) mass is 158 g/mol. The highest BCUT2D eigenvalue weighted by atomic mass is 16.2. The van der Waals surface area contributed by atoms with E-state index >= 15 is 0 Å². The summed E-state index contributed by atoms with van der Waals surface area (Å²) in [5.41, 5.74) is 5.34. The molecule has 0 heterocycles. The van der Waals surface area contributed by atoms with Crippen LogP contribution in [0.15, 0.2) is 0 Å². The summed E-state index contributed by atoms with van der Waals surface area (Å²) in [5, 5.41) is 2.75. The zero-order chi connectivity index (χ0) is 8.69. The first kappa shape index (κ1) is 10.4. The van der Waals surface area contributed by atoms with Crippen LogP contribution in [-0.4, -0.2) is 18.5 Å². The Morgan fingerprint density at radius 2 is 2.18 bits per heavy atom. The lowest BCUT2D eigenvalue weighted by Gasteiger charge is -2.06. The number of nitrogens with one attached hydrogen (secondary N) is 1. The molecule has 0 spiro atoms. The number of unbranched alkanes of at least 4 members (excludes halogenated alkanes) is 2. The Morgan fingerprint density at radius 3 is 2.64 bits per heavy atom. The van der Waals surface area contributed by atoms with Crippen LogP contribution in [0.3, 0.4) is 0 Å². The molecule has 3 N–H and O–H groups in total. The third-order valence-electron chi connectivity index (χ3n) is 1.49. The average Bonchev–Trinajstić information content (AvgIpc) is 1.97. The third-order valence-corrected chi connectivity index (χ3v) is 1.49. The highest BCUT2D eigenvalue weighted by molar-refractivity contribution is 5.80. The standard InChI is InChI=1S/C8H18N2O/c1-3-4-5-6-10-8(11)7(2)9/h7H,3-6,9H2,1-2H3,(H,10,11)/t7-/m0/s1. The number of amides is 1. The van der Waals surface area contributed by atoms with Gasteiger partial charge in [-0.05, 0) is 13.3 Å². The molecule has 0 radical (unpaired) electrons. The second-order valence-electron chi connectivity index (χ2n) is 2.79. The summed E-state index contributed by atoms with van der Waals surface area (Å²) in [4.78, 5) is 10.9. The van der Waals surface area contributed by atoms with Gasteiger partial charge in [-0.25, -0.2) is 0 Å². The summed E-state index contributed by atoms with van der Waals surface area (Å²) in [6.07, 6.45) is 3.39. The van der Waals surface area contributed by atoms with Crippen LogP contribution in [0, 0.1) is 0 Å². The van der Waals surface area contributed by atoms with E-state index in [-0.39, 0.29) is 11.9 Å². The van der Waals surface area contributed by atoms with Gasteiger partial charge in [-0.1, -0.05) is 19.8 Å². The first-order valence-electron chi connectivity index (χ1n) is 4.21. The van der Waals surface area contributed by atoms with Crippen molar-refractivity contribution in [1.82, 2.24) is 5.32 Å². The quantitative estimate of drug-likeness (QED) is 0.577. The fourth-order valence-corrected chi connectivity index (χ4v) is 0.748. The van der Waals surface area contributed by atoms with Crippen LogP contribution < -0.4 is 11.1 Å². The van der Waals surface area contributed by atoms with Crippen LogP contribution in [-0.2, 0) is 4.79 Å². The predicted octanol–water partition coefficient (Wildman–Crippen LogP) is 0.640. The zero-order valence-electron chi connectivity index (χ0n) is 7.39. The lowest BCUT2D eigenvalue weighted by Crippen LogP contribution is -2.38. The van der Waals surface area contributed by atoms with E-state index in [1.807, 2.05) is 0 Å². The molecule has 0 unspecified atom stereocenters. The molecule has 0 fully saturated rings. The molecule has 0 bridgehead atoms. The number of carbonyl (C=O) groups excluding carboxylic acids is 1. The maximum Gasteiger partial charge on any atom is 0.236 e. The largest absolute Gasteiger partial charge is 0.355 e. The maximum absolute atomic E-state index is 10.9. The van der Waals surface area contributed by atoms with Crippen LogP contribution in [0.1, 0.15) is 33.1 Å². The van der Waals surface area contributed by atoms with E-state index in [1.165, 1.54) is 12.8 Å². The summed E-state index contributed by atoms with van der Waals surface area (Å²) in [6, 6.07) is -0.378. The fraction of sp³-hybridized carbons (Fsp3) is 0.875. The SMILES string of the molecule is CCCCCNC(=O)[C@H](C)N. The molecule has 1 amide bonds. The van der Waals surface area contributed by atoms with Crippen molar-refractivity contribution in [2.75, 3.05) is 6.54 Å². The van der Waals surface area contributed by atoms with Crippen molar-refractivity contribution in [2.45, 2.75) is 39.2 Å². The van der Waals surface area contributed by atoms with Crippen molar-refractivity contribution < 1.29 is 4.79 Å². The Balaban J connectivity index is 3.18. The van der Waals surface area contributed by atoms with Crippen LogP contribution >= 0.6 is 0 Å².